The fourth-order valence-corrected chi connectivity index (χ4v) is 6.37. The van der Waals surface area contributed by atoms with Gasteiger partial charge in [0.2, 0.25) is 21.8 Å². The summed E-state index contributed by atoms with van der Waals surface area (Å²) in [6.07, 6.45) is 1.56. The fourth-order valence-electron chi connectivity index (χ4n) is 5.22. The topological polar surface area (TPSA) is 125 Å². The second-order valence-electron chi connectivity index (χ2n) is 13.5. The monoisotopic (exact) mass is 644 g/mol. The number of benzene rings is 2. The summed E-state index contributed by atoms with van der Waals surface area (Å²) < 4.78 is 40.5. The van der Waals surface area contributed by atoms with Crippen molar-refractivity contribution in [2.75, 3.05) is 14.1 Å². The average Bonchev–Trinajstić information content (AvgIpc) is 2.94. The molecule has 0 radical (unpaired) electrons. The molecule has 0 heterocycles. The molecule has 0 spiro atoms. The van der Waals surface area contributed by atoms with Crippen LogP contribution in [0.1, 0.15) is 66.5 Å². The van der Waals surface area contributed by atoms with Crippen LogP contribution in [-0.2, 0) is 35.6 Å². The smallest absolute Gasteiger partial charge is 0.260 e. The van der Waals surface area contributed by atoms with E-state index in [1.54, 1.807) is 20.2 Å². The maximum Gasteiger partial charge on any atom is 0.260 e. The minimum Gasteiger partial charge on any atom is -0.342 e. The number of halogens is 1. The molecule has 2 aromatic carbocycles. The van der Waals surface area contributed by atoms with Crippen molar-refractivity contribution in [1.82, 2.24) is 20.3 Å². The first-order valence-corrected chi connectivity index (χ1v) is 16.6. The largest absolute Gasteiger partial charge is 0.342 e. The molecule has 45 heavy (non-hydrogen) atoms. The van der Waals surface area contributed by atoms with Crippen LogP contribution in [0.5, 0.6) is 0 Å². The molecule has 3 atom stereocenters. The van der Waals surface area contributed by atoms with Gasteiger partial charge >= 0.3 is 0 Å². The van der Waals surface area contributed by atoms with Gasteiger partial charge in [-0.1, -0.05) is 97.0 Å². The number of nitrogens with one attached hydrogen (secondary N) is 3. The highest BCUT2D eigenvalue weighted by molar-refractivity contribution is 7.89. The number of sulfonamides is 1. The molecule has 0 aliphatic carbocycles. The number of hydrogen-bond donors (Lipinski definition) is 3. The van der Waals surface area contributed by atoms with E-state index in [4.69, 9.17) is 0 Å². The Bertz CT molecular complexity index is 1470. The predicted octanol–water partition coefficient (Wildman–Crippen LogP) is 4.30. The molecule has 3 unspecified atom stereocenters. The summed E-state index contributed by atoms with van der Waals surface area (Å²) >= 11 is 0. The summed E-state index contributed by atoms with van der Waals surface area (Å²) in [5.74, 6) is -2.66. The van der Waals surface area contributed by atoms with E-state index in [1.165, 1.54) is 24.0 Å². The van der Waals surface area contributed by atoms with Crippen molar-refractivity contribution in [2.45, 2.75) is 84.7 Å². The fraction of sp³-hybridized carbons (Fsp3) is 0.500. The van der Waals surface area contributed by atoms with Gasteiger partial charge in [0.05, 0.1) is 17.8 Å². The van der Waals surface area contributed by atoms with Gasteiger partial charge in [-0.05, 0) is 48.6 Å². The molecule has 11 heteroatoms. The molecule has 0 aromatic heterocycles. The number of carbonyl (C=O) groups is 3. The Hall–Kier alpha value is -3.57. The number of likely N-dealkylation sites (N-methyl/N-ethyl adjacent to an activating group) is 2. The Labute approximate surface area is 268 Å². The summed E-state index contributed by atoms with van der Waals surface area (Å²) in [5, 5.41) is 6.12. The molecular weight excluding hydrogens is 595 g/mol. The maximum atomic E-state index is 14.0. The van der Waals surface area contributed by atoms with E-state index >= 15 is 0 Å². The molecule has 3 amide bonds. The molecule has 9 nitrogen and oxygen atoms in total. The number of rotatable bonds is 13. The Morgan fingerprint density at radius 2 is 1.49 bits per heavy atom. The SMILES string of the molecule is CNC(C(=O)NC(C(=O)N(C)C(C=C(C)C(=O)NS(=O)(=O)Cc1ccc(F)cc1)C(C)C)C(C)(C)C)C(C)(C)c1ccccc1. The first kappa shape index (κ1) is 37.6. The van der Waals surface area contributed by atoms with Crippen molar-refractivity contribution in [1.29, 1.82) is 0 Å². The Balaban J connectivity index is 2.29. The number of carbonyl (C=O) groups excluding carboxylic acids is 3. The van der Waals surface area contributed by atoms with Gasteiger partial charge in [0.25, 0.3) is 5.91 Å². The lowest BCUT2D eigenvalue weighted by Crippen LogP contribution is -2.61. The molecule has 0 bridgehead atoms. The molecule has 0 fully saturated rings. The quantitative estimate of drug-likeness (QED) is 0.280. The molecule has 248 valence electrons. The van der Waals surface area contributed by atoms with Gasteiger partial charge in [-0.25, -0.2) is 17.5 Å². The first-order chi connectivity index (χ1) is 20.7. The summed E-state index contributed by atoms with van der Waals surface area (Å²) in [5.41, 5.74) is 0.136. The Morgan fingerprint density at radius 3 is 1.98 bits per heavy atom. The van der Waals surface area contributed by atoms with Gasteiger partial charge in [-0.15, -0.1) is 0 Å². The van der Waals surface area contributed by atoms with Crippen molar-refractivity contribution < 1.29 is 27.2 Å². The summed E-state index contributed by atoms with van der Waals surface area (Å²) in [6.45, 7) is 14.8. The average molecular weight is 645 g/mol. The molecule has 0 aliphatic heterocycles. The van der Waals surface area contributed by atoms with Crippen molar-refractivity contribution in [3.63, 3.8) is 0 Å². The third-order valence-corrected chi connectivity index (χ3v) is 9.17. The third kappa shape index (κ3) is 10.2. The zero-order valence-corrected chi connectivity index (χ0v) is 28.9. The van der Waals surface area contributed by atoms with E-state index in [1.807, 2.05) is 78.8 Å². The van der Waals surface area contributed by atoms with Crippen LogP contribution in [0.25, 0.3) is 0 Å². The van der Waals surface area contributed by atoms with Crippen LogP contribution < -0.4 is 15.4 Å². The summed E-state index contributed by atoms with van der Waals surface area (Å²) in [4.78, 5) is 42.2. The third-order valence-electron chi connectivity index (χ3n) is 7.96. The lowest BCUT2D eigenvalue weighted by Gasteiger charge is -2.40. The molecule has 0 saturated carbocycles. The van der Waals surface area contributed by atoms with Crippen LogP contribution in [0.2, 0.25) is 0 Å². The van der Waals surface area contributed by atoms with E-state index in [0.717, 1.165) is 17.7 Å². The van der Waals surface area contributed by atoms with E-state index in [9.17, 15) is 27.2 Å². The highest BCUT2D eigenvalue weighted by Crippen LogP contribution is 2.29. The van der Waals surface area contributed by atoms with Gasteiger partial charge in [0.1, 0.15) is 11.9 Å². The van der Waals surface area contributed by atoms with Gasteiger partial charge in [0, 0.05) is 18.0 Å². The van der Waals surface area contributed by atoms with E-state index in [0.29, 0.717) is 5.56 Å². The molecular formula is C34H49FN4O5S. The zero-order valence-electron chi connectivity index (χ0n) is 28.1. The van der Waals surface area contributed by atoms with Gasteiger partial charge in [-0.3, -0.25) is 14.4 Å². The molecule has 2 aromatic rings. The van der Waals surface area contributed by atoms with E-state index < -0.39 is 56.5 Å². The minimum absolute atomic E-state index is 0.104. The van der Waals surface area contributed by atoms with Crippen LogP contribution in [0.15, 0.2) is 66.2 Å². The number of nitrogens with zero attached hydrogens (tertiary/aromatic N) is 1. The van der Waals surface area contributed by atoms with Crippen molar-refractivity contribution in [3.05, 3.63) is 83.2 Å². The van der Waals surface area contributed by atoms with Crippen LogP contribution in [0.4, 0.5) is 4.39 Å². The van der Waals surface area contributed by atoms with Crippen molar-refractivity contribution in [3.8, 4) is 0 Å². The zero-order chi connectivity index (χ0) is 34.3. The standard InChI is InChI=1S/C34H49FN4O5S/c1-22(2)27(20-23(3)30(40)38-45(43,44)21-24-16-18-26(35)19-17-24)39(10)32(42)29(33(4,5)6)37-31(41)28(36-9)34(7,8)25-14-12-11-13-15-25/h11-20,22,27-29,36H,21H2,1-10H3,(H,37,41)(H,38,40). The number of amides is 3. The van der Waals surface area contributed by atoms with Gasteiger partial charge in [0.15, 0.2) is 0 Å². The lowest BCUT2D eigenvalue weighted by molar-refractivity contribution is -0.140. The van der Waals surface area contributed by atoms with Crippen LogP contribution in [0, 0.1) is 17.2 Å². The van der Waals surface area contributed by atoms with Crippen LogP contribution in [-0.4, -0.2) is 63.3 Å². The highest BCUT2D eigenvalue weighted by Gasteiger charge is 2.41. The van der Waals surface area contributed by atoms with Gasteiger partial charge in [-0.2, -0.15) is 0 Å². The van der Waals surface area contributed by atoms with Crippen molar-refractivity contribution >= 4 is 27.7 Å². The summed E-state index contributed by atoms with van der Waals surface area (Å²) in [7, 11) is -0.754. The van der Waals surface area contributed by atoms with Gasteiger partial charge < -0.3 is 15.5 Å². The lowest BCUT2D eigenvalue weighted by atomic mass is 9.76. The first-order valence-electron chi connectivity index (χ1n) is 15.0. The Morgan fingerprint density at radius 1 is 0.933 bits per heavy atom. The number of hydrogen-bond acceptors (Lipinski definition) is 6. The molecule has 3 N–H and O–H groups in total. The maximum absolute atomic E-state index is 14.0. The van der Waals surface area contributed by atoms with Crippen LogP contribution in [0.3, 0.4) is 0 Å². The van der Waals surface area contributed by atoms with Crippen molar-refractivity contribution in [2.24, 2.45) is 11.3 Å². The second-order valence-corrected chi connectivity index (χ2v) is 15.2. The molecule has 2 rings (SSSR count). The minimum atomic E-state index is -4.07. The Kier molecular flexibility index (Phi) is 12.7. The van der Waals surface area contributed by atoms with E-state index in [-0.39, 0.29) is 23.3 Å². The predicted molar refractivity (Wildman–Crippen MR) is 176 cm³/mol. The second kappa shape index (κ2) is 15.1. The van der Waals surface area contributed by atoms with E-state index in [2.05, 4.69) is 15.4 Å². The molecule has 0 aliphatic rings. The normalized spacial score (nSPS) is 14.8. The summed E-state index contributed by atoms with van der Waals surface area (Å²) in [6, 6.07) is 12.5. The molecule has 0 saturated heterocycles. The van der Waals surface area contributed by atoms with Crippen LogP contribution >= 0.6 is 0 Å². The highest BCUT2D eigenvalue weighted by atomic mass is 32.2.